The van der Waals surface area contributed by atoms with Gasteiger partial charge in [0.2, 0.25) is 0 Å². The van der Waals surface area contributed by atoms with E-state index in [9.17, 15) is 4.79 Å². The van der Waals surface area contributed by atoms with Gasteiger partial charge in [-0.3, -0.25) is 14.9 Å². The van der Waals surface area contributed by atoms with E-state index in [1.165, 1.54) is 6.33 Å². The van der Waals surface area contributed by atoms with Crippen LogP contribution in [-0.4, -0.2) is 26.1 Å². The maximum absolute atomic E-state index is 11.7. The standard InChI is InChI=1S/C10H11N5O/c1-7(9-12-6-13-15-9)14-10(16)8-4-2-3-5-11-8/h2-7H,1H3,(H,14,16)(H,12,13,15). The molecule has 0 saturated heterocycles. The Balaban J connectivity index is 2.03. The second kappa shape index (κ2) is 4.52. The van der Waals surface area contributed by atoms with E-state index in [0.717, 1.165) is 0 Å². The third-order valence-corrected chi connectivity index (χ3v) is 2.09. The molecule has 0 aliphatic carbocycles. The molecule has 0 radical (unpaired) electrons. The van der Waals surface area contributed by atoms with Crippen LogP contribution in [0.5, 0.6) is 0 Å². The average molecular weight is 217 g/mol. The molecule has 1 amide bonds. The minimum absolute atomic E-state index is 0.225. The van der Waals surface area contributed by atoms with Crippen LogP contribution in [0.25, 0.3) is 0 Å². The number of carbonyl (C=O) groups excluding carboxylic acids is 1. The quantitative estimate of drug-likeness (QED) is 0.792. The van der Waals surface area contributed by atoms with E-state index in [1.807, 2.05) is 6.92 Å². The highest BCUT2D eigenvalue weighted by molar-refractivity contribution is 5.92. The molecule has 0 bridgehead atoms. The molecule has 16 heavy (non-hydrogen) atoms. The molecule has 6 nitrogen and oxygen atoms in total. The third kappa shape index (κ3) is 2.22. The molecular weight excluding hydrogens is 206 g/mol. The number of hydrogen-bond donors (Lipinski definition) is 2. The van der Waals surface area contributed by atoms with Gasteiger partial charge in [-0.2, -0.15) is 5.10 Å². The first kappa shape index (κ1) is 10.3. The largest absolute Gasteiger partial charge is 0.341 e. The zero-order valence-electron chi connectivity index (χ0n) is 8.71. The van der Waals surface area contributed by atoms with Crippen LogP contribution < -0.4 is 5.32 Å². The van der Waals surface area contributed by atoms with Crippen LogP contribution in [0.15, 0.2) is 30.7 Å². The van der Waals surface area contributed by atoms with Gasteiger partial charge in [-0.15, -0.1) is 0 Å². The Kier molecular flexibility index (Phi) is 2.90. The SMILES string of the molecule is CC(NC(=O)c1ccccn1)c1ncn[nH]1. The molecule has 6 heteroatoms. The topological polar surface area (TPSA) is 83.6 Å². The van der Waals surface area contributed by atoms with Gasteiger partial charge in [-0.05, 0) is 19.1 Å². The Morgan fingerprint density at radius 2 is 2.31 bits per heavy atom. The third-order valence-electron chi connectivity index (χ3n) is 2.09. The lowest BCUT2D eigenvalue weighted by Gasteiger charge is -2.09. The zero-order valence-corrected chi connectivity index (χ0v) is 8.71. The van der Waals surface area contributed by atoms with E-state index in [1.54, 1.807) is 24.4 Å². The first-order chi connectivity index (χ1) is 7.77. The number of aromatic nitrogens is 4. The van der Waals surface area contributed by atoms with Gasteiger partial charge in [-0.1, -0.05) is 6.07 Å². The molecular formula is C10H11N5O. The number of hydrogen-bond acceptors (Lipinski definition) is 4. The Bertz CT molecular complexity index is 453. The fraction of sp³-hybridized carbons (Fsp3) is 0.200. The van der Waals surface area contributed by atoms with Crippen molar-refractivity contribution >= 4 is 5.91 Å². The molecule has 0 aliphatic heterocycles. The van der Waals surface area contributed by atoms with Gasteiger partial charge < -0.3 is 5.32 Å². The van der Waals surface area contributed by atoms with Crippen LogP contribution in [0.2, 0.25) is 0 Å². The summed E-state index contributed by atoms with van der Waals surface area (Å²) in [5.41, 5.74) is 0.383. The van der Waals surface area contributed by atoms with Crippen molar-refractivity contribution in [1.82, 2.24) is 25.5 Å². The summed E-state index contributed by atoms with van der Waals surface area (Å²) in [5, 5.41) is 9.18. The van der Waals surface area contributed by atoms with Crippen molar-refractivity contribution < 1.29 is 4.79 Å². The summed E-state index contributed by atoms with van der Waals surface area (Å²) < 4.78 is 0. The molecule has 2 heterocycles. The van der Waals surface area contributed by atoms with Crippen molar-refractivity contribution in [3.8, 4) is 0 Å². The molecule has 0 spiro atoms. The minimum atomic E-state index is -0.232. The normalized spacial score (nSPS) is 12.1. The number of amides is 1. The Hall–Kier alpha value is -2.24. The Morgan fingerprint density at radius 3 is 2.94 bits per heavy atom. The monoisotopic (exact) mass is 217 g/mol. The lowest BCUT2D eigenvalue weighted by molar-refractivity contribution is 0.0933. The highest BCUT2D eigenvalue weighted by atomic mass is 16.1. The fourth-order valence-corrected chi connectivity index (χ4v) is 1.26. The Labute approximate surface area is 92.1 Å². The number of pyridine rings is 1. The Morgan fingerprint density at radius 1 is 1.44 bits per heavy atom. The highest BCUT2D eigenvalue weighted by Crippen LogP contribution is 2.05. The zero-order chi connectivity index (χ0) is 11.4. The number of aromatic amines is 1. The summed E-state index contributed by atoms with van der Waals surface area (Å²) in [4.78, 5) is 19.6. The van der Waals surface area contributed by atoms with Crippen molar-refractivity contribution in [1.29, 1.82) is 0 Å². The average Bonchev–Trinajstić information content (AvgIpc) is 2.83. The molecule has 0 aromatic carbocycles. The summed E-state index contributed by atoms with van der Waals surface area (Å²) >= 11 is 0. The van der Waals surface area contributed by atoms with Gasteiger partial charge in [0.05, 0.1) is 6.04 Å². The summed E-state index contributed by atoms with van der Waals surface area (Å²) in [6.45, 7) is 1.82. The van der Waals surface area contributed by atoms with Crippen LogP contribution in [0.3, 0.4) is 0 Å². The van der Waals surface area contributed by atoms with Crippen molar-refractivity contribution in [2.45, 2.75) is 13.0 Å². The summed E-state index contributed by atoms with van der Waals surface area (Å²) in [6.07, 6.45) is 2.98. The van der Waals surface area contributed by atoms with Gasteiger partial charge in [0, 0.05) is 6.20 Å². The van der Waals surface area contributed by atoms with Crippen LogP contribution in [-0.2, 0) is 0 Å². The summed E-state index contributed by atoms with van der Waals surface area (Å²) in [5.74, 6) is 0.383. The second-order valence-corrected chi connectivity index (χ2v) is 3.28. The molecule has 0 fully saturated rings. The molecule has 82 valence electrons. The summed E-state index contributed by atoms with van der Waals surface area (Å²) in [6, 6.07) is 4.96. The van der Waals surface area contributed by atoms with E-state index in [0.29, 0.717) is 11.5 Å². The number of H-pyrrole nitrogens is 1. The van der Waals surface area contributed by atoms with E-state index < -0.39 is 0 Å². The maximum Gasteiger partial charge on any atom is 0.270 e. The number of nitrogens with zero attached hydrogens (tertiary/aromatic N) is 3. The fourth-order valence-electron chi connectivity index (χ4n) is 1.26. The van der Waals surface area contributed by atoms with Gasteiger partial charge >= 0.3 is 0 Å². The maximum atomic E-state index is 11.7. The van der Waals surface area contributed by atoms with E-state index >= 15 is 0 Å². The van der Waals surface area contributed by atoms with Crippen LogP contribution in [0, 0.1) is 0 Å². The molecule has 0 aliphatic rings. The molecule has 2 aromatic rings. The van der Waals surface area contributed by atoms with Crippen LogP contribution >= 0.6 is 0 Å². The van der Waals surface area contributed by atoms with Gasteiger partial charge in [0.1, 0.15) is 17.8 Å². The van der Waals surface area contributed by atoms with Gasteiger partial charge in [0.15, 0.2) is 0 Å². The lowest BCUT2D eigenvalue weighted by atomic mass is 10.3. The lowest BCUT2D eigenvalue weighted by Crippen LogP contribution is -2.28. The van der Waals surface area contributed by atoms with Crippen molar-refractivity contribution in [3.63, 3.8) is 0 Å². The van der Waals surface area contributed by atoms with Crippen molar-refractivity contribution in [3.05, 3.63) is 42.2 Å². The van der Waals surface area contributed by atoms with Crippen molar-refractivity contribution in [2.75, 3.05) is 0 Å². The predicted molar refractivity (Wildman–Crippen MR) is 56.5 cm³/mol. The van der Waals surface area contributed by atoms with Gasteiger partial charge in [-0.25, -0.2) is 4.98 Å². The smallest absolute Gasteiger partial charge is 0.270 e. The molecule has 2 rings (SSSR count). The molecule has 2 aromatic heterocycles. The molecule has 1 atom stereocenters. The number of rotatable bonds is 3. The first-order valence-corrected chi connectivity index (χ1v) is 4.84. The summed E-state index contributed by atoms with van der Waals surface area (Å²) in [7, 11) is 0. The predicted octanol–water partition coefficient (Wildman–Crippen LogP) is 0.691. The van der Waals surface area contributed by atoms with E-state index in [2.05, 4.69) is 25.5 Å². The number of nitrogens with one attached hydrogen (secondary N) is 2. The number of carbonyl (C=O) groups is 1. The second-order valence-electron chi connectivity index (χ2n) is 3.28. The van der Waals surface area contributed by atoms with Gasteiger partial charge in [0.25, 0.3) is 5.91 Å². The highest BCUT2D eigenvalue weighted by Gasteiger charge is 2.13. The molecule has 2 N–H and O–H groups in total. The molecule has 1 unspecified atom stereocenters. The van der Waals surface area contributed by atoms with Crippen LogP contribution in [0.4, 0.5) is 0 Å². The molecule has 0 saturated carbocycles. The van der Waals surface area contributed by atoms with Crippen LogP contribution in [0.1, 0.15) is 29.3 Å². The minimum Gasteiger partial charge on any atom is -0.341 e. The van der Waals surface area contributed by atoms with E-state index in [4.69, 9.17) is 0 Å². The first-order valence-electron chi connectivity index (χ1n) is 4.84. The van der Waals surface area contributed by atoms with Crippen molar-refractivity contribution in [2.24, 2.45) is 0 Å². The van der Waals surface area contributed by atoms with E-state index in [-0.39, 0.29) is 11.9 Å².